The molecule has 1 aromatic carbocycles. The van der Waals surface area contributed by atoms with E-state index in [4.69, 9.17) is 10.5 Å². The quantitative estimate of drug-likeness (QED) is 0.739. The lowest BCUT2D eigenvalue weighted by Crippen LogP contribution is -1.99. The van der Waals surface area contributed by atoms with E-state index in [2.05, 4.69) is 23.9 Å². The van der Waals surface area contributed by atoms with Crippen LogP contribution in [0.15, 0.2) is 42.7 Å². The summed E-state index contributed by atoms with van der Waals surface area (Å²) in [5.74, 6) is 1.23. The molecule has 5 nitrogen and oxygen atoms in total. The Balaban J connectivity index is 1.88. The van der Waals surface area contributed by atoms with Crippen molar-refractivity contribution in [2.45, 2.75) is 19.9 Å². The highest BCUT2D eigenvalue weighted by molar-refractivity contribution is 5.82. The van der Waals surface area contributed by atoms with Gasteiger partial charge in [-0.3, -0.25) is 4.68 Å². The first kappa shape index (κ1) is 12.5. The molecule has 2 heterocycles. The predicted molar refractivity (Wildman–Crippen MR) is 78.8 cm³/mol. The second-order valence-electron chi connectivity index (χ2n) is 4.95. The van der Waals surface area contributed by atoms with Crippen LogP contribution in [0, 0.1) is 0 Å². The van der Waals surface area contributed by atoms with E-state index in [1.54, 1.807) is 6.20 Å². The Labute approximate surface area is 117 Å². The Bertz CT molecular complexity index is 748. The lowest BCUT2D eigenvalue weighted by atomic mass is 10.2. The van der Waals surface area contributed by atoms with Crippen LogP contribution in [0.3, 0.4) is 0 Å². The maximum Gasteiger partial charge on any atom is 0.219 e. The zero-order valence-corrected chi connectivity index (χ0v) is 11.4. The van der Waals surface area contributed by atoms with Crippen LogP contribution in [-0.2, 0) is 0 Å². The maximum absolute atomic E-state index is 5.75. The van der Waals surface area contributed by atoms with Crippen LogP contribution in [0.25, 0.3) is 10.9 Å². The highest BCUT2D eigenvalue weighted by Crippen LogP contribution is 2.23. The van der Waals surface area contributed by atoms with E-state index >= 15 is 0 Å². The van der Waals surface area contributed by atoms with E-state index in [0.29, 0.717) is 17.7 Å². The van der Waals surface area contributed by atoms with E-state index in [1.807, 2.05) is 41.2 Å². The number of ether oxygens (including phenoxy) is 1. The second kappa shape index (κ2) is 4.85. The number of benzene rings is 1. The molecule has 0 aliphatic heterocycles. The molecule has 0 fully saturated rings. The Morgan fingerprint density at radius 3 is 2.80 bits per heavy atom. The van der Waals surface area contributed by atoms with Gasteiger partial charge in [0.15, 0.2) is 5.75 Å². The van der Waals surface area contributed by atoms with Gasteiger partial charge in [-0.25, -0.2) is 4.98 Å². The highest BCUT2D eigenvalue weighted by atomic mass is 16.5. The number of fused-ring (bicyclic) bond motifs is 1. The Morgan fingerprint density at radius 2 is 2.05 bits per heavy atom. The lowest BCUT2D eigenvalue weighted by Gasteiger charge is -2.05. The first-order valence-corrected chi connectivity index (χ1v) is 6.50. The van der Waals surface area contributed by atoms with Crippen molar-refractivity contribution in [3.8, 4) is 11.6 Å². The molecule has 20 heavy (non-hydrogen) atoms. The monoisotopic (exact) mass is 268 g/mol. The third-order valence-corrected chi connectivity index (χ3v) is 3.02. The number of rotatable bonds is 3. The molecule has 0 spiro atoms. The van der Waals surface area contributed by atoms with Crippen LogP contribution < -0.4 is 10.5 Å². The van der Waals surface area contributed by atoms with Crippen molar-refractivity contribution < 1.29 is 4.74 Å². The molecule has 0 unspecified atom stereocenters. The number of aromatic nitrogens is 3. The van der Waals surface area contributed by atoms with E-state index in [1.165, 1.54) is 0 Å². The molecular formula is C15H16N4O. The van der Waals surface area contributed by atoms with Gasteiger partial charge in [0.1, 0.15) is 0 Å². The fourth-order valence-electron chi connectivity index (χ4n) is 1.96. The molecule has 0 saturated carbocycles. The van der Waals surface area contributed by atoms with E-state index in [-0.39, 0.29) is 0 Å². The van der Waals surface area contributed by atoms with Crippen molar-refractivity contribution in [1.82, 2.24) is 14.8 Å². The summed E-state index contributed by atoms with van der Waals surface area (Å²) < 4.78 is 7.57. The van der Waals surface area contributed by atoms with E-state index < -0.39 is 0 Å². The highest BCUT2D eigenvalue weighted by Gasteiger charge is 2.05. The smallest absolute Gasteiger partial charge is 0.219 e. The number of nitrogen functional groups attached to an aromatic ring is 1. The summed E-state index contributed by atoms with van der Waals surface area (Å²) in [6.07, 6.45) is 3.55. The summed E-state index contributed by atoms with van der Waals surface area (Å²) in [6.45, 7) is 4.13. The normalized spacial score (nSPS) is 11.2. The van der Waals surface area contributed by atoms with Gasteiger partial charge in [-0.2, -0.15) is 5.10 Å². The largest absolute Gasteiger partial charge is 0.436 e. The maximum atomic E-state index is 5.75. The average molecular weight is 268 g/mol. The summed E-state index contributed by atoms with van der Waals surface area (Å²) in [7, 11) is 0. The lowest BCUT2D eigenvalue weighted by molar-refractivity contribution is 0.461. The van der Waals surface area contributed by atoms with Gasteiger partial charge in [0.2, 0.25) is 5.88 Å². The van der Waals surface area contributed by atoms with Crippen molar-refractivity contribution in [3.05, 3.63) is 42.7 Å². The standard InChI is InChI=1S/C15H16N4O/c1-10(2)19-9-13(8-17-19)20-15-6-3-11-7-12(16)4-5-14(11)18-15/h3-10H,16H2,1-2H3. The molecule has 0 aliphatic carbocycles. The van der Waals surface area contributed by atoms with Crippen molar-refractivity contribution in [3.63, 3.8) is 0 Å². The van der Waals surface area contributed by atoms with Crippen molar-refractivity contribution in [2.75, 3.05) is 5.73 Å². The molecule has 5 heteroatoms. The van der Waals surface area contributed by atoms with Crippen LogP contribution in [0.4, 0.5) is 5.69 Å². The molecular weight excluding hydrogens is 252 g/mol. The summed E-state index contributed by atoms with van der Waals surface area (Å²) >= 11 is 0. The van der Waals surface area contributed by atoms with E-state index in [9.17, 15) is 0 Å². The van der Waals surface area contributed by atoms with Crippen LogP contribution in [0.1, 0.15) is 19.9 Å². The fourth-order valence-corrected chi connectivity index (χ4v) is 1.96. The van der Waals surface area contributed by atoms with Gasteiger partial charge in [0.25, 0.3) is 0 Å². The topological polar surface area (TPSA) is 66.0 Å². The minimum Gasteiger partial charge on any atom is -0.436 e. The van der Waals surface area contributed by atoms with Gasteiger partial charge < -0.3 is 10.5 Å². The van der Waals surface area contributed by atoms with Crippen LogP contribution in [0.2, 0.25) is 0 Å². The zero-order chi connectivity index (χ0) is 14.1. The predicted octanol–water partition coefficient (Wildman–Crippen LogP) is 3.39. The summed E-state index contributed by atoms with van der Waals surface area (Å²) in [5.41, 5.74) is 7.33. The number of nitrogens with zero attached hydrogens (tertiary/aromatic N) is 3. The summed E-state index contributed by atoms with van der Waals surface area (Å²) in [4.78, 5) is 4.45. The Morgan fingerprint density at radius 1 is 1.20 bits per heavy atom. The number of nitrogens with two attached hydrogens (primary N) is 1. The number of anilines is 1. The minimum absolute atomic E-state index is 0.305. The zero-order valence-electron chi connectivity index (χ0n) is 11.4. The van der Waals surface area contributed by atoms with Gasteiger partial charge in [-0.05, 0) is 38.1 Å². The molecule has 2 aromatic heterocycles. The van der Waals surface area contributed by atoms with Gasteiger partial charge in [-0.15, -0.1) is 0 Å². The Hall–Kier alpha value is -2.56. The van der Waals surface area contributed by atoms with Crippen LogP contribution >= 0.6 is 0 Å². The molecule has 3 rings (SSSR count). The SMILES string of the molecule is CC(C)n1cc(Oc2ccc3cc(N)ccc3n2)cn1. The van der Waals surface area contributed by atoms with Gasteiger partial charge in [-0.1, -0.05) is 0 Å². The summed E-state index contributed by atoms with van der Waals surface area (Å²) in [5, 5.41) is 5.23. The van der Waals surface area contributed by atoms with Crippen molar-refractivity contribution in [1.29, 1.82) is 0 Å². The van der Waals surface area contributed by atoms with Gasteiger partial charge in [0.05, 0.1) is 17.9 Å². The Kier molecular flexibility index (Phi) is 3.02. The molecule has 0 atom stereocenters. The fraction of sp³-hybridized carbons (Fsp3) is 0.200. The van der Waals surface area contributed by atoms with Crippen LogP contribution in [-0.4, -0.2) is 14.8 Å². The third-order valence-electron chi connectivity index (χ3n) is 3.02. The second-order valence-corrected chi connectivity index (χ2v) is 4.95. The molecule has 3 aromatic rings. The molecule has 0 aliphatic rings. The van der Waals surface area contributed by atoms with Crippen molar-refractivity contribution >= 4 is 16.6 Å². The van der Waals surface area contributed by atoms with E-state index in [0.717, 1.165) is 16.6 Å². The third kappa shape index (κ3) is 2.42. The van der Waals surface area contributed by atoms with Crippen molar-refractivity contribution in [2.24, 2.45) is 0 Å². The molecule has 102 valence electrons. The first-order valence-electron chi connectivity index (χ1n) is 6.50. The average Bonchev–Trinajstić information content (AvgIpc) is 2.88. The molecule has 0 amide bonds. The first-order chi connectivity index (χ1) is 9.61. The van der Waals surface area contributed by atoms with Gasteiger partial charge in [0, 0.05) is 23.2 Å². The van der Waals surface area contributed by atoms with Crippen LogP contribution in [0.5, 0.6) is 11.6 Å². The number of pyridine rings is 1. The summed E-state index contributed by atoms with van der Waals surface area (Å²) in [6, 6.07) is 9.68. The molecule has 0 bridgehead atoms. The molecule has 0 saturated heterocycles. The number of hydrogen-bond acceptors (Lipinski definition) is 4. The molecule has 0 radical (unpaired) electrons. The van der Waals surface area contributed by atoms with Gasteiger partial charge >= 0.3 is 0 Å². The minimum atomic E-state index is 0.305. The number of hydrogen-bond donors (Lipinski definition) is 1. The molecule has 2 N–H and O–H groups in total.